The van der Waals surface area contributed by atoms with Gasteiger partial charge in [-0.2, -0.15) is 0 Å². The molecular formula is C52H31N5O. The maximum atomic E-state index is 6.33. The lowest BCUT2D eigenvalue weighted by atomic mass is 9.93. The predicted octanol–water partition coefficient (Wildman–Crippen LogP) is 13.2. The third-order valence-electron chi connectivity index (χ3n) is 11.2. The second-order valence-corrected chi connectivity index (χ2v) is 14.6. The molecule has 12 rings (SSSR count). The largest absolute Gasteiger partial charge is 0.456 e. The van der Waals surface area contributed by atoms with Crippen molar-refractivity contribution in [1.82, 2.24) is 24.5 Å². The third-order valence-corrected chi connectivity index (χ3v) is 11.2. The lowest BCUT2D eigenvalue weighted by Crippen LogP contribution is -2.01. The average molecular weight is 742 g/mol. The summed E-state index contributed by atoms with van der Waals surface area (Å²) in [6.45, 7) is 0. The number of furan rings is 1. The van der Waals surface area contributed by atoms with Crippen LogP contribution in [0.1, 0.15) is 0 Å². The second kappa shape index (κ2) is 12.8. The van der Waals surface area contributed by atoms with E-state index in [1.54, 1.807) is 0 Å². The van der Waals surface area contributed by atoms with E-state index in [1.165, 1.54) is 26.9 Å². The number of hydrogen-bond donors (Lipinski definition) is 0. The van der Waals surface area contributed by atoms with Gasteiger partial charge in [0.15, 0.2) is 17.5 Å². The maximum absolute atomic E-state index is 6.33. The Morgan fingerprint density at radius 2 is 0.931 bits per heavy atom. The van der Waals surface area contributed by atoms with Gasteiger partial charge in [-0.15, -0.1) is 0 Å². The molecule has 0 radical (unpaired) electrons. The molecule has 0 atom stereocenters. The van der Waals surface area contributed by atoms with E-state index in [2.05, 4.69) is 150 Å². The van der Waals surface area contributed by atoms with E-state index in [0.717, 1.165) is 72.1 Å². The molecule has 270 valence electrons. The van der Waals surface area contributed by atoms with Crippen molar-refractivity contribution in [1.29, 1.82) is 0 Å². The van der Waals surface area contributed by atoms with E-state index in [4.69, 9.17) is 24.4 Å². The van der Waals surface area contributed by atoms with Gasteiger partial charge < -0.3 is 4.42 Å². The Morgan fingerprint density at radius 3 is 1.71 bits per heavy atom. The Labute approximate surface area is 332 Å². The van der Waals surface area contributed by atoms with Gasteiger partial charge in [0.1, 0.15) is 17.0 Å². The molecule has 3 heterocycles. The minimum atomic E-state index is 0.567. The molecule has 6 nitrogen and oxygen atoms in total. The fourth-order valence-corrected chi connectivity index (χ4v) is 8.62. The van der Waals surface area contributed by atoms with Crippen LogP contribution in [0.25, 0.3) is 117 Å². The quantitative estimate of drug-likeness (QED) is 0.164. The van der Waals surface area contributed by atoms with Crippen molar-refractivity contribution in [2.24, 2.45) is 0 Å². The summed E-state index contributed by atoms with van der Waals surface area (Å²) in [5.41, 5.74) is 8.21. The molecule has 0 amide bonds. The Bertz CT molecular complexity index is 3550. The van der Waals surface area contributed by atoms with Gasteiger partial charge >= 0.3 is 0 Å². The molecule has 0 unspecified atom stereocenters. The van der Waals surface area contributed by atoms with Crippen LogP contribution in [0.15, 0.2) is 192 Å². The number of imidazole rings is 1. The summed E-state index contributed by atoms with van der Waals surface area (Å²) in [4.78, 5) is 20.9. The minimum absolute atomic E-state index is 0.567. The molecule has 0 bridgehead atoms. The predicted molar refractivity (Wildman–Crippen MR) is 236 cm³/mol. The zero-order valence-electron chi connectivity index (χ0n) is 31.0. The molecule has 12 aromatic rings. The van der Waals surface area contributed by atoms with E-state index >= 15 is 0 Å². The molecule has 0 aliphatic rings. The molecular weight excluding hydrogens is 711 g/mol. The van der Waals surface area contributed by atoms with Crippen LogP contribution in [0.4, 0.5) is 0 Å². The van der Waals surface area contributed by atoms with Gasteiger partial charge in [-0.25, -0.2) is 19.9 Å². The van der Waals surface area contributed by atoms with Gasteiger partial charge in [-0.05, 0) is 80.8 Å². The number of fused-ring (bicyclic) bond motifs is 10. The Kier molecular flexibility index (Phi) is 7.13. The lowest BCUT2D eigenvalue weighted by molar-refractivity contribution is 0.669. The van der Waals surface area contributed by atoms with Crippen molar-refractivity contribution in [3.8, 4) is 51.2 Å². The lowest BCUT2D eigenvalue weighted by Gasteiger charge is -2.13. The topological polar surface area (TPSA) is 69.6 Å². The number of hydrogen-bond acceptors (Lipinski definition) is 5. The normalized spacial score (nSPS) is 11.8. The molecule has 0 spiro atoms. The molecule has 9 aromatic carbocycles. The van der Waals surface area contributed by atoms with Crippen LogP contribution in [0, 0.1) is 0 Å². The van der Waals surface area contributed by atoms with E-state index in [9.17, 15) is 0 Å². The highest BCUT2D eigenvalue weighted by Crippen LogP contribution is 2.39. The van der Waals surface area contributed by atoms with Crippen LogP contribution >= 0.6 is 0 Å². The summed E-state index contributed by atoms with van der Waals surface area (Å²) in [5.74, 6) is 2.57. The number of para-hydroxylation sites is 4. The number of aromatic nitrogens is 5. The van der Waals surface area contributed by atoms with Crippen LogP contribution in [0.5, 0.6) is 0 Å². The number of nitrogens with zero attached hydrogens (tertiary/aromatic N) is 5. The molecule has 0 saturated carbocycles. The van der Waals surface area contributed by atoms with Crippen LogP contribution in [-0.2, 0) is 0 Å². The average Bonchev–Trinajstić information content (AvgIpc) is 3.88. The standard InChI is InChI=1S/C52H31N5O/c1-2-16-35(17-3-1)57-45-25-10-9-24-44(45)53-52(57)34-15-12-14-32(30-34)49-54-50(56-51(55-49)42-23-13-27-47-48(42)41-22-8-11-26-46(41)58-47)33-28-29-40-38-20-5-4-18-36(38)37-19-6-7-21-39(37)43(40)31-33/h1-31H. The van der Waals surface area contributed by atoms with Crippen molar-refractivity contribution in [3.05, 3.63) is 188 Å². The van der Waals surface area contributed by atoms with Crippen molar-refractivity contribution in [2.75, 3.05) is 0 Å². The third kappa shape index (κ3) is 5.05. The highest BCUT2D eigenvalue weighted by atomic mass is 16.3. The summed E-state index contributed by atoms with van der Waals surface area (Å²) >= 11 is 0. The molecule has 0 N–H and O–H groups in total. The van der Waals surface area contributed by atoms with Crippen LogP contribution < -0.4 is 0 Å². The SMILES string of the molecule is c1ccc(-n2c(-c3cccc(-c4nc(-c5ccc6c7ccccc7c7ccccc7c6c5)nc(-c5cccc6oc7ccccc7c56)n4)c3)nc3ccccc32)cc1. The van der Waals surface area contributed by atoms with Gasteiger partial charge in [-0.3, -0.25) is 4.57 Å². The number of rotatable bonds is 5. The van der Waals surface area contributed by atoms with Crippen molar-refractivity contribution in [3.63, 3.8) is 0 Å². The summed E-state index contributed by atoms with van der Waals surface area (Å²) < 4.78 is 8.54. The fraction of sp³-hybridized carbons (Fsp3) is 0. The van der Waals surface area contributed by atoms with E-state index < -0.39 is 0 Å². The molecule has 0 saturated heterocycles. The zero-order chi connectivity index (χ0) is 38.2. The first-order valence-corrected chi connectivity index (χ1v) is 19.4. The first-order valence-electron chi connectivity index (χ1n) is 19.4. The highest BCUT2D eigenvalue weighted by Gasteiger charge is 2.20. The van der Waals surface area contributed by atoms with Crippen molar-refractivity contribution >= 4 is 65.3 Å². The Balaban J connectivity index is 1.10. The monoisotopic (exact) mass is 741 g/mol. The molecule has 0 fully saturated rings. The van der Waals surface area contributed by atoms with Gasteiger partial charge in [0.05, 0.1) is 11.0 Å². The Morgan fingerprint density at radius 1 is 0.362 bits per heavy atom. The Hall–Kier alpha value is -7.96. The van der Waals surface area contributed by atoms with Gasteiger partial charge in [-0.1, -0.05) is 140 Å². The first-order chi connectivity index (χ1) is 28.7. The van der Waals surface area contributed by atoms with Gasteiger partial charge in [0.2, 0.25) is 0 Å². The summed E-state index contributed by atoms with van der Waals surface area (Å²) in [7, 11) is 0. The number of benzene rings is 9. The molecule has 0 aliphatic heterocycles. The van der Waals surface area contributed by atoms with Crippen LogP contribution in [0.3, 0.4) is 0 Å². The molecule has 0 aliphatic carbocycles. The molecule has 6 heteroatoms. The summed E-state index contributed by atoms with van der Waals surface area (Å²) in [6, 6.07) is 65.0. The van der Waals surface area contributed by atoms with Crippen LogP contribution in [0.2, 0.25) is 0 Å². The van der Waals surface area contributed by atoms with Gasteiger partial charge in [0.25, 0.3) is 0 Å². The highest BCUT2D eigenvalue weighted by molar-refractivity contribution is 6.25. The zero-order valence-corrected chi connectivity index (χ0v) is 31.0. The fourth-order valence-electron chi connectivity index (χ4n) is 8.62. The van der Waals surface area contributed by atoms with E-state index in [0.29, 0.717) is 17.5 Å². The van der Waals surface area contributed by atoms with Crippen molar-refractivity contribution in [2.45, 2.75) is 0 Å². The molecule has 3 aromatic heterocycles. The molecule has 58 heavy (non-hydrogen) atoms. The minimum Gasteiger partial charge on any atom is -0.456 e. The summed E-state index contributed by atoms with van der Waals surface area (Å²) in [5, 5.41) is 9.20. The smallest absolute Gasteiger partial charge is 0.164 e. The first kappa shape index (κ1) is 32.3. The van der Waals surface area contributed by atoms with Crippen molar-refractivity contribution < 1.29 is 4.42 Å². The van der Waals surface area contributed by atoms with Gasteiger partial charge in [0, 0.05) is 38.7 Å². The van der Waals surface area contributed by atoms with E-state index in [-0.39, 0.29) is 0 Å². The summed E-state index contributed by atoms with van der Waals surface area (Å²) in [6.07, 6.45) is 0. The second-order valence-electron chi connectivity index (χ2n) is 14.6. The van der Waals surface area contributed by atoms with E-state index in [1.807, 2.05) is 42.5 Å². The maximum Gasteiger partial charge on any atom is 0.164 e. The van der Waals surface area contributed by atoms with Crippen LogP contribution in [-0.4, -0.2) is 24.5 Å².